The third kappa shape index (κ3) is 3.94. The van der Waals surface area contributed by atoms with Crippen LogP contribution in [0.25, 0.3) is 5.69 Å². The first-order chi connectivity index (χ1) is 14.0. The molecule has 29 heavy (non-hydrogen) atoms. The number of amides is 2. The van der Waals surface area contributed by atoms with Crippen LogP contribution in [0.3, 0.4) is 0 Å². The molecule has 2 amide bonds. The molecule has 1 N–H and O–H groups in total. The van der Waals surface area contributed by atoms with Crippen LogP contribution < -0.4 is 5.32 Å². The molecule has 0 unspecified atom stereocenters. The zero-order chi connectivity index (χ0) is 20.4. The Morgan fingerprint density at radius 2 is 1.86 bits per heavy atom. The smallest absolute Gasteiger partial charge is 0.289 e. The van der Waals surface area contributed by atoms with Gasteiger partial charge >= 0.3 is 0 Å². The highest BCUT2D eigenvalue weighted by Gasteiger charge is 2.29. The molecule has 7 nitrogen and oxygen atoms in total. The quantitative estimate of drug-likeness (QED) is 0.736. The van der Waals surface area contributed by atoms with Crippen LogP contribution in [-0.2, 0) is 4.79 Å². The molecule has 1 aliphatic heterocycles. The monoisotopic (exact) mass is 392 g/mol. The SMILES string of the molecule is Cc1cc(C)n(-c2ccccc2NC(=O)C2CCN(C(=O)c3ccco3)CC2)n1. The minimum Gasteiger partial charge on any atom is -0.459 e. The molecule has 0 aliphatic carbocycles. The highest BCUT2D eigenvalue weighted by Crippen LogP contribution is 2.25. The zero-order valence-electron chi connectivity index (χ0n) is 16.6. The summed E-state index contributed by atoms with van der Waals surface area (Å²) >= 11 is 0. The van der Waals surface area contributed by atoms with Gasteiger partial charge in [-0.1, -0.05) is 12.1 Å². The molecule has 1 aromatic carbocycles. The molecule has 0 spiro atoms. The maximum atomic E-state index is 12.9. The standard InChI is InChI=1S/C22H24N4O3/c1-15-14-16(2)26(24-15)19-7-4-3-6-18(19)23-21(27)17-9-11-25(12-10-17)22(28)20-8-5-13-29-20/h3-8,13-14,17H,9-12H2,1-2H3,(H,23,27). The number of aromatic nitrogens is 2. The fourth-order valence-electron chi connectivity index (χ4n) is 3.77. The maximum Gasteiger partial charge on any atom is 0.289 e. The van der Waals surface area contributed by atoms with Crippen molar-refractivity contribution in [2.75, 3.05) is 18.4 Å². The highest BCUT2D eigenvalue weighted by atomic mass is 16.3. The van der Waals surface area contributed by atoms with Gasteiger partial charge in [-0.25, -0.2) is 4.68 Å². The van der Waals surface area contributed by atoms with Gasteiger partial charge in [0, 0.05) is 24.7 Å². The van der Waals surface area contributed by atoms with Crippen LogP contribution >= 0.6 is 0 Å². The number of likely N-dealkylation sites (tertiary alicyclic amines) is 1. The van der Waals surface area contributed by atoms with Crippen LogP contribution in [0.4, 0.5) is 5.69 Å². The lowest BCUT2D eigenvalue weighted by atomic mass is 9.95. The maximum absolute atomic E-state index is 12.9. The molecule has 150 valence electrons. The van der Waals surface area contributed by atoms with E-state index in [1.54, 1.807) is 17.0 Å². The van der Waals surface area contributed by atoms with Crippen molar-refractivity contribution in [1.82, 2.24) is 14.7 Å². The Hall–Kier alpha value is -3.35. The first-order valence-corrected chi connectivity index (χ1v) is 9.79. The molecule has 0 atom stereocenters. The van der Waals surface area contributed by atoms with Gasteiger partial charge in [-0.05, 0) is 57.0 Å². The van der Waals surface area contributed by atoms with Crippen LogP contribution in [0.15, 0.2) is 53.1 Å². The van der Waals surface area contributed by atoms with E-state index in [0.717, 1.165) is 22.8 Å². The number of nitrogens with zero attached hydrogens (tertiary/aromatic N) is 3. The molecule has 0 bridgehead atoms. The van der Waals surface area contributed by atoms with Crippen LogP contribution in [-0.4, -0.2) is 39.6 Å². The summed E-state index contributed by atoms with van der Waals surface area (Å²) in [6.45, 7) is 5.01. The van der Waals surface area contributed by atoms with Gasteiger partial charge in [-0.2, -0.15) is 5.10 Å². The van der Waals surface area contributed by atoms with E-state index >= 15 is 0 Å². The van der Waals surface area contributed by atoms with Crippen molar-refractivity contribution in [1.29, 1.82) is 0 Å². The lowest BCUT2D eigenvalue weighted by Gasteiger charge is -2.30. The van der Waals surface area contributed by atoms with E-state index in [0.29, 0.717) is 31.7 Å². The predicted molar refractivity (Wildman–Crippen MR) is 109 cm³/mol. The number of carbonyl (C=O) groups is 2. The Labute approximate surface area is 169 Å². The fourth-order valence-corrected chi connectivity index (χ4v) is 3.77. The van der Waals surface area contributed by atoms with E-state index in [4.69, 9.17) is 4.42 Å². The molecule has 1 fully saturated rings. The second-order valence-corrected chi connectivity index (χ2v) is 7.39. The third-order valence-corrected chi connectivity index (χ3v) is 5.28. The second kappa shape index (κ2) is 7.95. The lowest BCUT2D eigenvalue weighted by Crippen LogP contribution is -2.41. The van der Waals surface area contributed by atoms with E-state index in [2.05, 4.69) is 10.4 Å². The summed E-state index contributed by atoms with van der Waals surface area (Å²) in [4.78, 5) is 27.0. The molecule has 2 aromatic heterocycles. The Balaban J connectivity index is 1.42. The molecule has 1 saturated heterocycles. The summed E-state index contributed by atoms with van der Waals surface area (Å²) in [6.07, 6.45) is 2.74. The summed E-state index contributed by atoms with van der Waals surface area (Å²) in [7, 11) is 0. The minimum absolute atomic E-state index is 0.0240. The largest absolute Gasteiger partial charge is 0.459 e. The van der Waals surface area contributed by atoms with Crippen LogP contribution in [0, 0.1) is 19.8 Å². The van der Waals surface area contributed by atoms with Gasteiger partial charge in [0.15, 0.2) is 5.76 Å². The zero-order valence-corrected chi connectivity index (χ0v) is 16.6. The Kier molecular flexibility index (Phi) is 5.20. The number of furan rings is 1. The van der Waals surface area contributed by atoms with Crippen molar-refractivity contribution in [2.45, 2.75) is 26.7 Å². The van der Waals surface area contributed by atoms with Gasteiger partial charge in [0.2, 0.25) is 5.91 Å². The van der Waals surface area contributed by atoms with Gasteiger partial charge < -0.3 is 14.6 Å². The first-order valence-electron chi connectivity index (χ1n) is 9.79. The van der Waals surface area contributed by atoms with Gasteiger partial charge in [0.25, 0.3) is 5.91 Å². The number of piperidine rings is 1. The third-order valence-electron chi connectivity index (χ3n) is 5.28. The van der Waals surface area contributed by atoms with Crippen LogP contribution in [0.2, 0.25) is 0 Å². The molecule has 7 heteroatoms. The number of benzene rings is 1. The Morgan fingerprint density at radius 1 is 1.10 bits per heavy atom. The van der Waals surface area contributed by atoms with Gasteiger partial charge in [-0.3, -0.25) is 9.59 Å². The molecular formula is C22H24N4O3. The van der Waals surface area contributed by atoms with E-state index in [1.807, 2.05) is 48.9 Å². The number of aryl methyl sites for hydroxylation is 2. The van der Waals surface area contributed by atoms with E-state index in [-0.39, 0.29) is 17.7 Å². The van der Waals surface area contributed by atoms with E-state index < -0.39 is 0 Å². The summed E-state index contributed by atoms with van der Waals surface area (Å²) in [6, 6.07) is 13.0. The van der Waals surface area contributed by atoms with E-state index in [9.17, 15) is 9.59 Å². The van der Waals surface area contributed by atoms with Crippen molar-refractivity contribution in [3.63, 3.8) is 0 Å². The van der Waals surface area contributed by atoms with Crippen molar-refractivity contribution >= 4 is 17.5 Å². The Morgan fingerprint density at radius 3 is 2.52 bits per heavy atom. The van der Waals surface area contributed by atoms with Gasteiger partial charge in [0.05, 0.1) is 23.3 Å². The number of nitrogens with one attached hydrogen (secondary N) is 1. The molecule has 3 heterocycles. The van der Waals surface area contributed by atoms with Crippen molar-refractivity contribution < 1.29 is 14.0 Å². The number of rotatable bonds is 4. The number of para-hydroxylation sites is 2. The lowest BCUT2D eigenvalue weighted by molar-refractivity contribution is -0.121. The fraction of sp³-hybridized carbons (Fsp3) is 0.318. The molecule has 0 saturated carbocycles. The predicted octanol–water partition coefficient (Wildman–Crippen LogP) is 3.57. The normalized spacial score (nSPS) is 14.8. The summed E-state index contributed by atoms with van der Waals surface area (Å²) in [5.74, 6) is 0.0590. The van der Waals surface area contributed by atoms with E-state index in [1.165, 1.54) is 6.26 Å². The Bertz CT molecular complexity index is 1010. The topological polar surface area (TPSA) is 80.4 Å². The van der Waals surface area contributed by atoms with Crippen LogP contribution in [0.1, 0.15) is 34.8 Å². The number of hydrogen-bond acceptors (Lipinski definition) is 4. The summed E-state index contributed by atoms with van der Waals surface area (Å²) in [5.41, 5.74) is 3.51. The highest BCUT2D eigenvalue weighted by molar-refractivity contribution is 5.95. The van der Waals surface area contributed by atoms with Crippen molar-refractivity contribution in [2.24, 2.45) is 5.92 Å². The molecule has 1 aliphatic rings. The number of anilines is 1. The summed E-state index contributed by atoms with van der Waals surface area (Å²) in [5, 5.41) is 7.59. The van der Waals surface area contributed by atoms with Gasteiger partial charge in [-0.15, -0.1) is 0 Å². The van der Waals surface area contributed by atoms with Crippen molar-refractivity contribution in [3.8, 4) is 5.69 Å². The number of hydrogen-bond donors (Lipinski definition) is 1. The summed E-state index contributed by atoms with van der Waals surface area (Å²) < 4.78 is 7.03. The van der Waals surface area contributed by atoms with Gasteiger partial charge in [0.1, 0.15) is 0 Å². The first kappa shape index (κ1) is 19.0. The molecule has 4 rings (SSSR count). The second-order valence-electron chi connectivity index (χ2n) is 7.39. The average molecular weight is 392 g/mol. The number of carbonyl (C=O) groups excluding carboxylic acids is 2. The van der Waals surface area contributed by atoms with Crippen molar-refractivity contribution in [3.05, 3.63) is 65.9 Å². The molecule has 3 aromatic rings. The minimum atomic E-state index is -0.135. The molecule has 0 radical (unpaired) electrons. The molecular weight excluding hydrogens is 368 g/mol. The average Bonchev–Trinajstić information content (AvgIpc) is 3.37. The van der Waals surface area contributed by atoms with Crippen LogP contribution in [0.5, 0.6) is 0 Å².